The first-order chi connectivity index (χ1) is 13.0. The molecule has 7 nitrogen and oxygen atoms in total. The molecule has 27 heavy (non-hydrogen) atoms. The fourth-order valence-electron chi connectivity index (χ4n) is 3.64. The molecule has 0 bridgehead atoms. The number of rotatable bonds is 8. The van der Waals surface area contributed by atoms with Gasteiger partial charge in [-0.2, -0.15) is 0 Å². The van der Waals surface area contributed by atoms with E-state index < -0.39 is 11.3 Å². The summed E-state index contributed by atoms with van der Waals surface area (Å²) in [6, 6.07) is 8.32. The Bertz CT molecular complexity index is 781. The quantitative estimate of drug-likeness (QED) is 0.557. The molecule has 1 aliphatic rings. The van der Waals surface area contributed by atoms with Gasteiger partial charge in [0.25, 0.3) is 0 Å². The Labute approximate surface area is 170 Å². The van der Waals surface area contributed by atoms with Gasteiger partial charge in [-0.15, -0.1) is 5.10 Å². The van der Waals surface area contributed by atoms with Gasteiger partial charge in [0.15, 0.2) is 0 Å². The minimum Gasteiger partial charge on any atom is -0.497 e. The maximum absolute atomic E-state index is 11.2. The molecule has 10 heteroatoms. The Kier molecular flexibility index (Phi) is 7.18. The summed E-state index contributed by atoms with van der Waals surface area (Å²) in [4.78, 5) is 0. The lowest BCUT2D eigenvalue weighted by Gasteiger charge is -2.41. The van der Waals surface area contributed by atoms with Crippen molar-refractivity contribution >= 4 is 34.4 Å². The smallest absolute Gasteiger partial charge is 0.231 e. The van der Waals surface area contributed by atoms with E-state index in [1.165, 1.54) is 11.5 Å². The number of benzene rings is 1. The molecule has 1 saturated carbocycles. The number of nitrogens with one attached hydrogen (secondary N) is 2. The van der Waals surface area contributed by atoms with Gasteiger partial charge in [-0.3, -0.25) is 4.55 Å². The molecule has 2 aromatic rings. The molecule has 3 N–H and O–H groups in total. The van der Waals surface area contributed by atoms with Crippen molar-refractivity contribution in [3.63, 3.8) is 0 Å². The second-order valence-electron chi connectivity index (χ2n) is 6.73. The summed E-state index contributed by atoms with van der Waals surface area (Å²) in [6.45, 7) is 1.04. The van der Waals surface area contributed by atoms with Crippen LogP contribution in [0.15, 0.2) is 24.3 Å². The van der Waals surface area contributed by atoms with Crippen LogP contribution in [0.3, 0.4) is 0 Å². The molecule has 1 fully saturated rings. The van der Waals surface area contributed by atoms with Crippen molar-refractivity contribution in [1.29, 1.82) is 0 Å². The number of halogens is 1. The van der Waals surface area contributed by atoms with Gasteiger partial charge in [0, 0.05) is 36.1 Å². The van der Waals surface area contributed by atoms with Crippen molar-refractivity contribution < 1.29 is 13.5 Å². The van der Waals surface area contributed by atoms with Crippen molar-refractivity contribution in [2.24, 2.45) is 0 Å². The monoisotopic (exact) mass is 430 g/mol. The second kappa shape index (κ2) is 9.40. The molecular formula is C17H23ClN4O3S2. The fourth-order valence-corrected chi connectivity index (χ4v) is 4.66. The number of ether oxygens (including phenoxy) is 1. The Hall–Kier alpha value is -1.10. The summed E-state index contributed by atoms with van der Waals surface area (Å²) >= 11 is 5.22. The lowest BCUT2D eigenvalue weighted by molar-refractivity contribution is 0.244. The molecule has 1 aromatic carbocycles. The normalized spacial score (nSPS) is 23.9. The fraction of sp³-hybridized carbons (Fsp3) is 0.529. The number of hydrogen-bond donors (Lipinski definition) is 3. The van der Waals surface area contributed by atoms with Crippen molar-refractivity contribution in [3.05, 3.63) is 39.9 Å². The number of hydrogen-bond acceptors (Lipinski definition) is 6. The van der Waals surface area contributed by atoms with Crippen molar-refractivity contribution in [1.82, 2.24) is 19.6 Å². The average molecular weight is 431 g/mol. The lowest BCUT2D eigenvalue weighted by Crippen LogP contribution is -2.45. The first-order valence-electron chi connectivity index (χ1n) is 8.71. The highest BCUT2D eigenvalue weighted by Crippen LogP contribution is 2.40. The predicted molar refractivity (Wildman–Crippen MR) is 107 cm³/mol. The maximum atomic E-state index is 11.2. The van der Waals surface area contributed by atoms with E-state index in [1.807, 2.05) is 18.2 Å². The third-order valence-electron chi connectivity index (χ3n) is 5.23. The highest BCUT2D eigenvalue weighted by molar-refractivity contribution is 7.77. The zero-order valence-corrected chi connectivity index (χ0v) is 17.4. The van der Waals surface area contributed by atoms with Crippen LogP contribution in [0.1, 0.15) is 36.9 Å². The summed E-state index contributed by atoms with van der Waals surface area (Å²) in [7, 11) is 1.64. The van der Waals surface area contributed by atoms with Gasteiger partial charge < -0.3 is 10.1 Å². The van der Waals surface area contributed by atoms with Gasteiger partial charge in [0.2, 0.25) is 11.3 Å². The lowest BCUT2D eigenvalue weighted by atomic mass is 9.68. The zero-order valence-electron chi connectivity index (χ0n) is 15.0. The van der Waals surface area contributed by atoms with Crippen molar-refractivity contribution in [2.75, 3.05) is 13.7 Å². The van der Waals surface area contributed by atoms with Gasteiger partial charge in [0.05, 0.1) is 7.11 Å². The molecule has 0 saturated heterocycles. The van der Waals surface area contributed by atoms with E-state index in [4.69, 9.17) is 16.3 Å². The molecule has 0 spiro atoms. The molecule has 1 aliphatic carbocycles. The third-order valence-corrected chi connectivity index (χ3v) is 6.60. The highest BCUT2D eigenvalue weighted by Gasteiger charge is 2.37. The second-order valence-corrected chi connectivity index (χ2v) is 8.87. The first-order valence-corrected chi connectivity index (χ1v) is 11.0. The van der Waals surface area contributed by atoms with E-state index in [1.54, 1.807) is 7.11 Å². The highest BCUT2D eigenvalue weighted by atomic mass is 35.5. The van der Waals surface area contributed by atoms with E-state index in [2.05, 4.69) is 25.7 Å². The van der Waals surface area contributed by atoms with Gasteiger partial charge in [0.1, 0.15) is 15.8 Å². The first kappa shape index (κ1) is 20.6. The third kappa shape index (κ3) is 5.24. The summed E-state index contributed by atoms with van der Waals surface area (Å²) in [5.74, 6) is 0.794. The molecule has 3 rings (SSSR count). The van der Waals surface area contributed by atoms with Crippen LogP contribution < -0.4 is 14.8 Å². The molecule has 1 unspecified atom stereocenters. The van der Waals surface area contributed by atoms with Crippen LogP contribution in [0.4, 0.5) is 0 Å². The van der Waals surface area contributed by atoms with E-state index in [0.717, 1.165) is 42.7 Å². The Morgan fingerprint density at radius 2 is 2.22 bits per heavy atom. The van der Waals surface area contributed by atoms with Gasteiger partial charge in [-0.1, -0.05) is 28.2 Å². The van der Waals surface area contributed by atoms with Crippen LogP contribution in [0.25, 0.3) is 0 Å². The molecule has 1 atom stereocenters. The van der Waals surface area contributed by atoms with Crippen molar-refractivity contribution in [2.45, 2.75) is 43.7 Å². The van der Waals surface area contributed by atoms with E-state index in [9.17, 15) is 8.76 Å². The largest absolute Gasteiger partial charge is 0.497 e. The molecule has 0 amide bonds. The van der Waals surface area contributed by atoms with E-state index in [0.29, 0.717) is 23.5 Å². The molecule has 148 valence electrons. The van der Waals surface area contributed by atoms with Gasteiger partial charge in [-0.25, -0.2) is 8.93 Å². The standard InChI is InChI=1S/C17H23ClN4O3S2/c1-25-14-4-2-3-12(9-14)17(11-20-27(23)24)7-5-13(6-8-17)19-10-15-16(18)26-22-21-15/h2-4,9,13,19-20H,5-8,10-11H2,1H3,(H,23,24). The molecule has 1 heterocycles. The van der Waals surface area contributed by atoms with Crippen LogP contribution >= 0.6 is 23.1 Å². The SMILES string of the molecule is COc1cccc(C2(CNS(=O)O)CCC(NCc3nnsc3Cl)CC2)c1. The van der Waals surface area contributed by atoms with E-state index >= 15 is 0 Å². The average Bonchev–Trinajstić information content (AvgIpc) is 3.10. The molecule has 0 aliphatic heterocycles. The number of aromatic nitrogens is 2. The Morgan fingerprint density at radius 1 is 1.44 bits per heavy atom. The summed E-state index contributed by atoms with van der Waals surface area (Å²) in [5, 5.41) is 7.54. The minimum absolute atomic E-state index is 0.203. The van der Waals surface area contributed by atoms with Crippen LogP contribution in [-0.2, 0) is 23.2 Å². The maximum Gasteiger partial charge on any atom is 0.231 e. The number of methoxy groups -OCH3 is 1. The summed E-state index contributed by atoms with van der Waals surface area (Å²) < 4.78 is 33.0. The van der Waals surface area contributed by atoms with Crippen molar-refractivity contribution in [3.8, 4) is 5.75 Å². The van der Waals surface area contributed by atoms with Gasteiger partial charge in [-0.05, 0) is 43.4 Å². The van der Waals surface area contributed by atoms with E-state index in [-0.39, 0.29) is 5.41 Å². The molecular weight excluding hydrogens is 408 g/mol. The topological polar surface area (TPSA) is 96.4 Å². The molecule has 1 aromatic heterocycles. The van der Waals surface area contributed by atoms with Crippen LogP contribution in [0.5, 0.6) is 5.75 Å². The number of nitrogens with zero attached hydrogens (tertiary/aromatic N) is 2. The zero-order chi connectivity index (χ0) is 19.3. The Balaban J connectivity index is 1.68. The van der Waals surface area contributed by atoms with Crippen LogP contribution in [-0.4, -0.2) is 38.0 Å². The van der Waals surface area contributed by atoms with Crippen LogP contribution in [0, 0.1) is 0 Å². The molecule has 0 radical (unpaired) electrons. The van der Waals surface area contributed by atoms with Gasteiger partial charge >= 0.3 is 0 Å². The summed E-state index contributed by atoms with van der Waals surface area (Å²) in [5.41, 5.74) is 1.71. The summed E-state index contributed by atoms with van der Waals surface area (Å²) in [6.07, 6.45) is 3.69. The predicted octanol–water partition coefficient (Wildman–Crippen LogP) is 2.90. The Morgan fingerprint density at radius 3 is 2.85 bits per heavy atom. The van der Waals surface area contributed by atoms with Crippen LogP contribution in [0.2, 0.25) is 4.34 Å². The minimum atomic E-state index is -2.03.